The summed E-state index contributed by atoms with van der Waals surface area (Å²) in [6.07, 6.45) is 0.573. The van der Waals surface area contributed by atoms with E-state index < -0.39 is 22.9 Å². The lowest BCUT2D eigenvalue weighted by Gasteiger charge is -2.05. The highest BCUT2D eigenvalue weighted by Gasteiger charge is 2.14. The van der Waals surface area contributed by atoms with Gasteiger partial charge in [0.25, 0.3) is 0 Å². The van der Waals surface area contributed by atoms with Gasteiger partial charge in [-0.15, -0.1) is 0 Å². The van der Waals surface area contributed by atoms with Gasteiger partial charge in [-0.05, 0) is 6.42 Å². The first-order valence-corrected chi connectivity index (χ1v) is 4.86. The van der Waals surface area contributed by atoms with Crippen LogP contribution in [0.2, 0.25) is 0 Å². The van der Waals surface area contributed by atoms with Crippen LogP contribution in [-0.4, -0.2) is 40.5 Å². The van der Waals surface area contributed by atoms with Crippen LogP contribution in [0.1, 0.15) is 6.42 Å². The predicted octanol–water partition coefficient (Wildman–Crippen LogP) is -0.711. The number of aliphatic hydroxyl groups excluding tert-OH is 1. The summed E-state index contributed by atoms with van der Waals surface area (Å²) in [6, 6.07) is 0. The minimum Gasteiger partial charge on any atom is -0.467 e. The molecule has 0 aromatic heterocycles. The quantitative estimate of drug-likeness (QED) is 0.580. The molecular weight excluding hydrogens is 168 g/mol. The second-order valence-electron chi connectivity index (χ2n) is 2.10. The first kappa shape index (κ1) is 10.6. The van der Waals surface area contributed by atoms with Gasteiger partial charge in [0.1, 0.15) is 0 Å². The maximum absolute atomic E-state index is 10.6. The van der Waals surface area contributed by atoms with Crippen molar-refractivity contribution in [2.75, 3.05) is 19.1 Å². The van der Waals surface area contributed by atoms with Crippen molar-refractivity contribution in [2.24, 2.45) is 0 Å². The molecule has 2 atom stereocenters. The van der Waals surface area contributed by atoms with E-state index in [0.29, 0.717) is 5.75 Å². The number of aliphatic hydroxyl groups is 1. The van der Waals surface area contributed by atoms with Crippen LogP contribution in [0.3, 0.4) is 0 Å². The average molecular weight is 180 g/mol. The Balaban J connectivity index is 3.60. The number of esters is 1. The maximum atomic E-state index is 10.6. The smallest absolute Gasteiger partial charge is 0.334 e. The molecule has 0 bridgehead atoms. The van der Waals surface area contributed by atoms with Crippen molar-refractivity contribution in [3.05, 3.63) is 0 Å². The molecule has 0 spiro atoms. The average Bonchev–Trinajstić information content (AvgIpc) is 1.98. The first-order chi connectivity index (χ1) is 5.07. The predicted molar refractivity (Wildman–Crippen MR) is 41.6 cm³/mol. The van der Waals surface area contributed by atoms with Gasteiger partial charge in [0.2, 0.25) is 0 Å². The molecule has 66 valence electrons. The molecule has 1 N–H and O–H groups in total. The van der Waals surface area contributed by atoms with Crippen molar-refractivity contribution in [1.82, 2.24) is 0 Å². The summed E-state index contributed by atoms with van der Waals surface area (Å²) < 4.78 is 14.8. The summed E-state index contributed by atoms with van der Waals surface area (Å²) in [7, 11) is 0.230. The zero-order chi connectivity index (χ0) is 8.85. The van der Waals surface area contributed by atoms with Crippen molar-refractivity contribution in [1.29, 1.82) is 0 Å². The summed E-state index contributed by atoms with van der Waals surface area (Å²) in [5.74, 6) is -0.355. The van der Waals surface area contributed by atoms with Crippen molar-refractivity contribution in [3.63, 3.8) is 0 Å². The van der Waals surface area contributed by atoms with Gasteiger partial charge in [0, 0.05) is 22.8 Å². The van der Waals surface area contributed by atoms with E-state index in [0.717, 1.165) is 0 Å². The molecule has 0 radical (unpaired) electrons. The molecule has 4 nitrogen and oxygen atoms in total. The largest absolute Gasteiger partial charge is 0.467 e. The number of methoxy groups -OCH3 is 1. The minimum atomic E-state index is -1.14. The van der Waals surface area contributed by atoms with Gasteiger partial charge in [-0.3, -0.25) is 4.21 Å². The van der Waals surface area contributed by atoms with E-state index in [1.165, 1.54) is 13.4 Å². The van der Waals surface area contributed by atoms with Crippen molar-refractivity contribution >= 4 is 16.8 Å². The first-order valence-electron chi connectivity index (χ1n) is 3.14. The highest BCUT2D eigenvalue weighted by atomic mass is 32.2. The van der Waals surface area contributed by atoms with E-state index in [-0.39, 0.29) is 6.42 Å². The summed E-state index contributed by atoms with van der Waals surface area (Å²) >= 11 is 0. The Morgan fingerprint density at radius 2 is 2.27 bits per heavy atom. The third-order valence-electron chi connectivity index (χ3n) is 1.15. The van der Waals surface area contributed by atoms with E-state index in [1.807, 2.05) is 0 Å². The SMILES string of the molecule is COC(=O)C(O)CCS(C)=O. The fourth-order valence-corrected chi connectivity index (χ4v) is 1.09. The topological polar surface area (TPSA) is 63.6 Å². The molecule has 0 heterocycles. The molecule has 0 saturated carbocycles. The zero-order valence-electron chi connectivity index (χ0n) is 6.57. The second-order valence-corrected chi connectivity index (χ2v) is 3.66. The van der Waals surface area contributed by atoms with Crippen LogP contribution in [0.5, 0.6) is 0 Å². The summed E-state index contributed by atoms with van der Waals surface area (Å²) in [6.45, 7) is 0. The highest BCUT2D eigenvalue weighted by Crippen LogP contribution is 1.95. The van der Waals surface area contributed by atoms with Crippen LogP contribution in [0.4, 0.5) is 0 Å². The van der Waals surface area contributed by atoms with Gasteiger partial charge in [0.15, 0.2) is 6.10 Å². The van der Waals surface area contributed by atoms with Crippen LogP contribution in [0.25, 0.3) is 0 Å². The number of rotatable bonds is 4. The molecule has 0 aliphatic rings. The molecule has 0 aliphatic heterocycles. The Bertz CT molecular complexity index is 157. The van der Waals surface area contributed by atoms with E-state index in [9.17, 15) is 9.00 Å². The van der Waals surface area contributed by atoms with Crippen LogP contribution in [-0.2, 0) is 20.3 Å². The van der Waals surface area contributed by atoms with Gasteiger partial charge in [-0.25, -0.2) is 4.79 Å². The summed E-state index contributed by atoms with van der Waals surface area (Å²) in [5.41, 5.74) is 0. The van der Waals surface area contributed by atoms with Crippen LogP contribution in [0.15, 0.2) is 0 Å². The standard InChI is InChI=1S/C6H12O4S/c1-10-6(8)5(7)3-4-11(2)9/h5,7H,3-4H2,1-2H3. The van der Waals surface area contributed by atoms with E-state index in [4.69, 9.17) is 5.11 Å². The third kappa shape index (κ3) is 4.92. The number of carbonyl (C=O) groups excluding carboxylic acids is 1. The van der Waals surface area contributed by atoms with Crippen LogP contribution in [0, 0.1) is 0 Å². The third-order valence-corrected chi connectivity index (χ3v) is 1.96. The van der Waals surface area contributed by atoms with Gasteiger partial charge in [-0.1, -0.05) is 0 Å². The van der Waals surface area contributed by atoms with Crippen molar-refractivity contribution in [3.8, 4) is 0 Å². The molecule has 0 saturated heterocycles. The van der Waals surface area contributed by atoms with Gasteiger partial charge >= 0.3 is 5.97 Å². The molecule has 0 rings (SSSR count). The Morgan fingerprint density at radius 1 is 1.73 bits per heavy atom. The van der Waals surface area contributed by atoms with Crippen molar-refractivity contribution < 1.29 is 18.8 Å². The second kappa shape index (κ2) is 5.26. The Labute approximate surface area is 68.0 Å². The van der Waals surface area contributed by atoms with Gasteiger partial charge in [0.05, 0.1) is 7.11 Å². The monoisotopic (exact) mass is 180 g/mol. The molecular formula is C6H12O4S. The van der Waals surface area contributed by atoms with Crippen LogP contribution >= 0.6 is 0 Å². The lowest BCUT2D eigenvalue weighted by Crippen LogP contribution is -2.23. The zero-order valence-corrected chi connectivity index (χ0v) is 7.39. The lowest BCUT2D eigenvalue weighted by atomic mass is 10.3. The number of ether oxygens (including phenoxy) is 1. The normalized spacial score (nSPS) is 15.5. The fourth-order valence-electron chi connectivity index (χ4n) is 0.531. The molecule has 2 unspecified atom stereocenters. The Hall–Kier alpha value is -0.420. The summed E-state index contributed by atoms with van der Waals surface area (Å²) in [4.78, 5) is 10.6. The Kier molecular flexibility index (Phi) is 5.06. The molecule has 11 heavy (non-hydrogen) atoms. The van der Waals surface area contributed by atoms with Gasteiger partial charge < -0.3 is 9.84 Å². The summed E-state index contributed by atoms with van der Waals surface area (Å²) in [5, 5.41) is 8.96. The molecule has 0 amide bonds. The highest BCUT2D eigenvalue weighted by molar-refractivity contribution is 7.84. The van der Waals surface area contributed by atoms with Crippen molar-refractivity contribution in [2.45, 2.75) is 12.5 Å². The van der Waals surface area contributed by atoms with E-state index >= 15 is 0 Å². The maximum Gasteiger partial charge on any atom is 0.334 e. The fraction of sp³-hybridized carbons (Fsp3) is 0.833. The van der Waals surface area contributed by atoms with E-state index in [2.05, 4.69) is 4.74 Å². The Morgan fingerprint density at radius 3 is 2.64 bits per heavy atom. The number of hydrogen-bond acceptors (Lipinski definition) is 4. The molecule has 0 aromatic carbocycles. The lowest BCUT2D eigenvalue weighted by molar-refractivity contribution is -0.150. The van der Waals surface area contributed by atoms with Crippen LogP contribution < -0.4 is 0 Å². The van der Waals surface area contributed by atoms with E-state index in [1.54, 1.807) is 0 Å². The minimum absolute atomic E-state index is 0.190. The number of hydrogen-bond donors (Lipinski definition) is 1. The molecule has 5 heteroatoms. The molecule has 0 aromatic rings. The molecule has 0 aliphatic carbocycles. The number of carbonyl (C=O) groups is 1. The van der Waals surface area contributed by atoms with Gasteiger partial charge in [-0.2, -0.15) is 0 Å². The molecule has 0 fully saturated rings.